The molecule has 0 saturated carbocycles. The van der Waals surface area contributed by atoms with Crippen LogP contribution in [-0.4, -0.2) is 19.7 Å². The third kappa shape index (κ3) is 2.37. The van der Waals surface area contributed by atoms with Gasteiger partial charge in [0, 0.05) is 24.8 Å². The lowest BCUT2D eigenvalue weighted by Crippen LogP contribution is -2.14. The van der Waals surface area contributed by atoms with Crippen LogP contribution in [0.2, 0.25) is 0 Å². The number of aromatic nitrogens is 4. The largest absolute Gasteiger partial charge is 0.341 e. The third-order valence-electron chi connectivity index (χ3n) is 3.38. The fourth-order valence-corrected chi connectivity index (χ4v) is 2.12. The number of aromatic amines is 1. The van der Waals surface area contributed by atoms with Crippen LogP contribution in [0.3, 0.4) is 0 Å². The predicted molar refractivity (Wildman–Crippen MR) is 74.6 cm³/mol. The van der Waals surface area contributed by atoms with Crippen molar-refractivity contribution in [2.24, 2.45) is 7.05 Å². The molecule has 2 N–H and O–H groups in total. The van der Waals surface area contributed by atoms with Gasteiger partial charge in [-0.3, -0.25) is 4.68 Å². The number of para-hydroxylation sites is 2. The smallest absolute Gasteiger partial charge is 0.121 e. The molecular formula is C14H17N5. The predicted octanol–water partition coefficient (Wildman–Crippen LogP) is 1.89. The van der Waals surface area contributed by atoms with E-state index in [-0.39, 0.29) is 0 Å². The van der Waals surface area contributed by atoms with E-state index in [2.05, 4.69) is 27.3 Å². The molecule has 1 aromatic carbocycles. The van der Waals surface area contributed by atoms with Gasteiger partial charge in [0.2, 0.25) is 0 Å². The fraction of sp³-hybridized carbons (Fsp3) is 0.286. The van der Waals surface area contributed by atoms with Crippen LogP contribution in [-0.2, 0) is 20.1 Å². The van der Waals surface area contributed by atoms with E-state index in [0.717, 1.165) is 29.9 Å². The van der Waals surface area contributed by atoms with Crippen molar-refractivity contribution in [3.8, 4) is 0 Å². The Morgan fingerprint density at radius 3 is 2.84 bits per heavy atom. The number of hydrogen-bond acceptors (Lipinski definition) is 3. The summed E-state index contributed by atoms with van der Waals surface area (Å²) in [6.45, 7) is 3.60. The summed E-state index contributed by atoms with van der Waals surface area (Å²) in [6, 6.07) is 8.06. The van der Waals surface area contributed by atoms with E-state index >= 15 is 0 Å². The van der Waals surface area contributed by atoms with Gasteiger partial charge in [0.05, 0.1) is 23.8 Å². The maximum absolute atomic E-state index is 4.53. The van der Waals surface area contributed by atoms with Crippen LogP contribution in [0.25, 0.3) is 11.0 Å². The van der Waals surface area contributed by atoms with Crippen molar-refractivity contribution < 1.29 is 0 Å². The molecule has 0 atom stereocenters. The Morgan fingerprint density at radius 1 is 1.26 bits per heavy atom. The van der Waals surface area contributed by atoms with Crippen LogP contribution in [0.15, 0.2) is 30.5 Å². The minimum Gasteiger partial charge on any atom is -0.341 e. The zero-order chi connectivity index (χ0) is 13.2. The van der Waals surface area contributed by atoms with Crippen molar-refractivity contribution in [2.45, 2.75) is 20.0 Å². The minimum atomic E-state index is 0.725. The first kappa shape index (κ1) is 11.9. The van der Waals surface area contributed by atoms with E-state index in [1.165, 1.54) is 11.3 Å². The molecule has 0 spiro atoms. The Labute approximate surface area is 111 Å². The van der Waals surface area contributed by atoms with E-state index in [0.29, 0.717) is 0 Å². The zero-order valence-corrected chi connectivity index (χ0v) is 11.1. The fourth-order valence-electron chi connectivity index (χ4n) is 2.12. The summed E-state index contributed by atoms with van der Waals surface area (Å²) >= 11 is 0. The summed E-state index contributed by atoms with van der Waals surface area (Å²) in [5, 5.41) is 7.62. The molecule has 2 aromatic heterocycles. The molecule has 3 aromatic rings. The molecule has 0 aliphatic carbocycles. The number of aryl methyl sites for hydroxylation is 1. The van der Waals surface area contributed by atoms with Crippen LogP contribution < -0.4 is 5.32 Å². The van der Waals surface area contributed by atoms with Gasteiger partial charge in [-0.2, -0.15) is 5.10 Å². The lowest BCUT2D eigenvalue weighted by atomic mass is 10.2. The molecule has 0 unspecified atom stereocenters. The standard InChI is InChI=1S/C14H17N5/c1-10-11(8-16-19(10)2)7-15-9-14-17-12-5-3-4-6-13(12)18-14/h3-6,8,15H,7,9H2,1-2H3,(H,17,18). The van der Waals surface area contributed by atoms with Gasteiger partial charge in [0.25, 0.3) is 0 Å². The highest BCUT2D eigenvalue weighted by Gasteiger charge is 2.04. The molecule has 2 heterocycles. The van der Waals surface area contributed by atoms with E-state index in [1.807, 2.05) is 42.2 Å². The second kappa shape index (κ2) is 4.85. The average Bonchev–Trinajstić information content (AvgIpc) is 2.96. The summed E-state index contributed by atoms with van der Waals surface area (Å²) in [4.78, 5) is 7.84. The topological polar surface area (TPSA) is 58.5 Å². The van der Waals surface area contributed by atoms with Gasteiger partial charge >= 0.3 is 0 Å². The van der Waals surface area contributed by atoms with Crippen molar-refractivity contribution in [1.29, 1.82) is 0 Å². The van der Waals surface area contributed by atoms with Crippen molar-refractivity contribution in [3.05, 3.63) is 47.5 Å². The van der Waals surface area contributed by atoms with Gasteiger partial charge in [0.1, 0.15) is 5.82 Å². The number of nitrogens with zero attached hydrogens (tertiary/aromatic N) is 3. The van der Waals surface area contributed by atoms with Crippen LogP contribution in [0.4, 0.5) is 0 Å². The first-order valence-electron chi connectivity index (χ1n) is 6.36. The molecule has 0 aliphatic heterocycles. The molecule has 0 saturated heterocycles. The Kier molecular flexibility index (Phi) is 3.05. The highest BCUT2D eigenvalue weighted by atomic mass is 15.3. The van der Waals surface area contributed by atoms with Gasteiger partial charge in [0.15, 0.2) is 0 Å². The Bertz CT molecular complexity index is 662. The van der Waals surface area contributed by atoms with Crippen LogP contribution in [0.1, 0.15) is 17.1 Å². The summed E-state index contributed by atoms with van der Waals surface area (Å²) in [5.74, 6) is 0.961. The Balaban J connectivity index is 1.64. The zero-order valence-electron chi connectivity index (χ0n) is 11.1. The van der Waals surface area contributed by atoms with Crippen LogP contribution in [0, 0.1) is 6.92 Å². The molecule has 19 heavy (non-hydrogen) atoms. The monoisotopic (exact) mass is 255 g/mol. The molecule has 0 radical (unpaired) electrons. The van der Waals surface area contributed by atoms with E-state index in [9.17, 15) is 0 Å². The van der Waals surface area contributed by atoms with E-state index in [4.69, 9.17) is 0 Å². The van der Waals surface area contributed by atoms with Crippen LogP contribution >= 0.6 is 0 Å². The van der Waals surface area contributed by atoms with Gasteiger partial charge in [-0.15, -0.1) is 0 Å². The quantitative estimate of drug-likeness (QED) is 0.748. The van der Waals surface area contributed by atoms with Gasteiger partial charge in [-0.25, -0.2) is 4.98 Å². The number of hydrogen-bond donors (Lipinski definition) is 2. The van der Waals surface area contributed by atoms with Crippen molar-refractivity contribution in [1.82, 2.24) is 25.1 Å². The lowest BCUT2D eigenvalue weighted by Gasteiger charge is -2.02. The molecule has 3 rings (SSSR count). The molecule has 5 nitrogen and oxygen atoms in total. The second-order valence-electron chi connectivity index (χ2n) is 4.68. The third-order valence-corrected chi connectivity index (χ3v) is 3.38. The van der Waals surface area contributed by atoms with Gasteiger partial charge in [-0.05, 0) is 19.1 Å². The average molecular weight is 255 g/mol. The first-order valence-corrected chi connectivity index (χ1v) is 6.36. The van der Waals surface area contributed by atoms with Crippen molar-refractivity contribution in [2.75, 3.05) is 0 Å². The number of fused-ring (bicyclic) bond motifs is 1. The molecule has 0 amide bonds. The molecule has 0 fully saturated rings. The molecular weight excluding hydrogens is 238 g/mol. The second-order valence-corrected chi connectivity index (χ2v) is 4.68. The maximum atomic E-state index is 4.53. The molecule has 5 heteroatoms. The lowest BCUT2D eigenvalue weighted by molar-refractivity contribution is 0.664. The molecule has 0 bridgehead atoms. The highest BCUT2D eigenvalue weighted by Crippen LogP contribution is 2.10. The summed E-state index contributed by atoms with van der Waals surface area (Å²) in [6.07, 6.45) is 1.90. The Morgan fingerprint density at radius 2 is 2.11 bits per heavy atom. The van der Waals surface area contributed by atoms with Crippen LogP contribution in [0.5, 0.6) is 0 Å². The number of imidazole rings is 1. The number of nitrogens with one attached hydrogen (secondary N) is 2. The molecule has 98 valence electrons. The summed E-state index contributed by atoms with van der Waals surface area (Å²) < 4.78 is 1.89. The number of rotatable bonds is 4. The number of H-pyrrole nitrogens is 1. The van der Waals surface area contributed by atoms with E-state index in [1.54, 1.807) is 0 Å². The summed E-state index contributed by atoms with van der Waals surface area (Å²) in [5.41, 5.74) is 4.50. The minimum absolute atomic E-state index is 0.725. The Hall–Kier alpha value is -2.14. The highest BCUT2D eigenvalue weighted by molar-refractivity contribution is 5.74. The van der Waals surface area contributed by atoms with Gasteiger partial charge < -0.3 is 10.3 Å². The van der Waals surface area contributed by atoms with Crippen molar-refractivity contribution >= 4 is 11.0 Å². The van der Waals surface area contributed by atoms with E-state index < -0.39 is 0 Å². The summed E-state index contributed by atoms with van der Waals surface area (Å²) in [7, 11) is 1.96. The molecule has 0 aliphatic rings. The SMILES string of the molecule is Cc1c(CNCc2nc3ccccc3[nH]2)cnn1C. The van der Waals surface area contributed by atoms with Gasteiger partial charge in [-0.1, -0.05) is 12.1 Å². The van der Waals surface area contributed by atoms with Crippen molar-refractivity contribution in [3.63, 3.8) is 0 Å². The first-order chi connectivity index (χ1) is 9.24. The number of benzene rings is 1. The maximum Gasteiger partial charge on any atom is 0.121 e. The normalized spacial score (nSPS) is 11.3.